The van der Waals surface area contributed by atoms with Crippen molar-refractivity contribution < 1.29 is 24.2 Å². The summed E-state index contributed by atoms with van der Waals surface area (Å²) in [7, 11) is 0. The number of hydrogen-bond acceptors (Lipinski definition) is 5. The van der Waals surface area contributed by atoms with E-state index in [0.29, 0.717) is 28.0 Å². The minimum atomic E-state index is -1.24. The Balaban J connectivity index is 1.58. The van der Waals surface area contributed by atoms with Gasteiger partial charge in [-0.3, -0.25) is 14.4 Å². The van der Waals surface area contributed by atoms with Crippen LogP contribution >= 0.6 is 0 Å². The highest BCUT2D eigenvalue weighted by molar-refractivity contribution is 5.98. The van der Waals surface area contributed by atoms with Crippen LogP contribution in [0.15, 0.2) is 79.1 Å². The molecule has 0 saturated carbocycles. The van der Waals surface area contributed by atoms with E-state index in [-0.39, 0.29) is 6.42 Å². The van der Waals surface area contributed by atoms with Gasteiger partial charge in [0.25, 0.3) is 5.91 Å². The molecule has 3 aromatic carbocycles. The number of imidazole rings is 1. The molecule has 4 rings (SSSR count). The van der Waals surface area contributed by atoms with E-state index in [9.17, 15) is 19.5 Å². The Kier molecular flexibility index (Phi) is 6.73. The predicted molar refractivity (Wildman–Crippen MR) is 135 cm³/mol. The van der Waals surface area contributed by atoms with Crippen molar-refractivity contribution in [2.24, 2.45) is 5.73 Å². The van der Waals surface area contributed by atoms with E-state index in [1.54, 1.807) is 55.1 Å². The summed E-state index contributed by atoms with van der Waals surface area (Å²) < 4.78 is 7.66. The van der Waals surface area contributed by atoms with Crippen LogP contribution < -0.4 is 15.8 Å². The van der Waals surface area contributed by atoms with Gasteiger partial charge < -0.3 is 25.5 Å². The normalized spacial score (nSPS) is 12.2. The maximum Gasteiger partial charge on any atom is 0.305 e. The van der Waals surface area contributed by atoms with Gasteiger partial charge in [-0.05, 0) is 61.9 Å². The van der Waals surface area contributed by atoms with Gasteiger partial charge in [0, 0.05) is 11.3 Å². The van der Waals surface area contributed by atoms with Crippen molar-refractivity contribution >= 4 is 34.5 Å². The number of ether oxygens (including phenoxy) is 1. The van der Waals surface area contributed by atoms with E-state index < -0.39 is 29.4 Å². The number of carbonyl (C=O) groups is 3. The first kappa shape index (κ1) is 24.5. The molecule has 0 bridgehead atoms. The minimum Gasteiger partial charge on any atom is -0.481 e. The second-order valence-electron chi connectivity index (χ2n) is 8.83. The van der Waals surface area contributed by atoms with Gasteiger partial charge in [-0.2, -0.15) is 0 Å². The minimum absolute atomic E-state index is 0.124. The number of nitrogens with one attached hydrogen (secondary N) is 1. The second kappa shape index (κ2) is 9.91. The highest BCUT2D eigenvalue weighted by atomic mass is 16.5. The van der Waals surface area contributed by atoms with E-state index in [0.717, 1.165) is 5.56 Å². The van der Waals surface area contributed by atoms with Crippen LogP contribution in [-0.2, 0) is 9.59 Å². The first-order chi connectivity index (χ1) is 17.1. The van der Waals surface area contributed by atoms with Crippen molar-refractivity contribution in [3.63, 3.8) is 0 Å². The van der Waals surface area contributed by atoms with E-state index in [1.807, 2.05) is 30.3 Å². The van der Waals surface area contributed by atoms with Crippen LogP contribution in [-0.4, -0.2) is 38.0 Å². The monoisotopic (exact) mass is 486 g/mol. The standard InChI is InChI=1S/C27H26N4O5/c1-27(2,36-20-11-8-18(9-12-20)25(28)34)26(35)30-19-10-13-21-23(14-19)31(16-29-21)22(15-24(32)33)17-6-4-3-5-7-17/h3-14,16,22H,15H2,1-2H3,(H2,28,34)(H,30,35)(H,32,33). The lowest BCUT2D eigenvalue weighted by atomic mass is 10.0. The molecule has 0 radical (unpaired) electrons. The van der Waals surface area contributed by atoms with Crippen LogP contribution in [0.3, 0.4) is 0 Å². The Bertz CT molecular complexity index is 1410. The molecule has 184 valence electrons. The number of carboxylic acids is 1. The summed E-state index contributed by atoms with van der Waals surface area (Å²) in [5, 5.41) is 12.4. The zero-order valence-electron chi connectivity index (χ0n) is 19.8. The van der Waals surface area contributed by atoms with Gasteiger partial charge in [-0.15, -0.1) is 0 Å². The average Bonchev–Trinajstić information content (AvgIpc) is 3.26. The van der Waals surface area contributed by atoms with Crippen molar-refractivity contribution in [3.05, 3.63) is 90.3 Å². The number of carbonyl (C=O) groups excluding carboxylic acids is 2. The highest BCUT2D eigenvalue weighted by Crippen LogP contribution is 2.29. The molecular weight excluding hydrogens is 460 g/mol. The van der Waals surface area contributed by atoms with Gasteiger partial charge in [0.1, 0.15) is 5.75 Å². The predicted octanol–water partition coefficient (Wildman–Crippen LogP) is 4.00. The number of rotatable bonds is 9. The number of anilines is 1. The molecule has 0 spiro atoms. The third kappa shape index (κ3) is 5.35. The maximum absolute atomic E-state index is 13.1. The first-order valence-electron chi connectivity index (χ1n) is 11.3. The van der Waals surface area contributed by atoms with Crippen molar-refractivity contribution in [1.29, 1.82) is 0 Å². The highest BCUT2D eigenvalue weighted by Gasteiger charge is 2.30. The van der Waals surface area contributed by atoms with Crippen molar-refractivity contribution in [2.75, 3.05) is 5.32 Å². The van der Waals surface area contributed by atoms with Crippen molar-refractivity contribution in [1.82, 2.24) is 9.55 Å². The summed E-state index contributed by atoms with van der Waals surface area (Å²) in [5.41, 5.74) is 7.07. The number of hydrogen-bond donors (Lipinski definition) is 3. The zero-order chi connectivity index (χ0) is 25.9. The third-order valence-electron chi connectivity index (χ3n) is 5.78. The molecule has 4 aromatic rings. The fourth-order valence-corrected chi connectivity index (χ4v) is 3.88. The number of aliphatic carboxylic acids is 1. The SMILES string of the molecule is CC(C)(Oc1ccc(C(N)=O)cc1)C(=O)Nc1ccc2ncn(C(CC(=O)O)c3ccccc3)c2c1. The number of nitrogens with two attached hydrogens (primary N) is 1. The number of carboxylic acid groups (broad SMARTS) is 1. The fraction of sp³-hybridized carbons (Fsp3) is 0.185. The van der Waals surface area contributed by atoms with Gasteiger partial charge in [-0.1, -0.05) is 30.3 Å². The lowest BCUT2D eigenvalue weighted by Gasteiger charge is -2.25. The molecule has 0 aliphatic heterocycles. The number of aromatic nitrogens is 2. The largest absolute Gasteiger partial charge is 0.481 e. The second-order valence-corrected chi connectivity index (χ2v) is 8.83. The van der Waals surface area contributed by atoms with Gasteiger partial charge in [-0.25, -0.2) is 4.98 Å². The summed E-state index contributed by atoms with van der Waals surface area (Å²) in [5.74, 6) is -1.46. The lowest BCUT2D eigenvalue weighted by molar-refractivity contribution is -0.137. The van der Waals surface area contributed by atoms with Gasteiger partial charge in [0.05, 0.1) is 29.8 Å². The lowest BCUT2D eigenvalue weighted by Crippen LogP contribution is -2.42. The zero-order valence-corrected chi connectivity index (χ0v) is 19.8. The first-order valence-corrected chi connectivity index (χ1v) is 11.3. The van der Waals surface area contributed by atoms with Crippen LogP contribution in [0, 0.1) is 0 Å². The van der Waals surface area contributed by atoms with Crippen molar-refractivity contribution in [3.8, 4) is 5.75 Å². The Morgan fingerprint density at radius 3 is 2.39 bits per heavy atom. The quantitative estimate of drug-likeness (QED) is 0.327. The Labute approximate surface area is 207 Å². The molecule has 36 heavy (non-hydrogen) atoms. The van der Waals surface area contributed by atoms with E-state index >= 15 is 0 Å². The molecule has 0 aliphatic rings. The fourth-order valence-electron chi connectivity index (χ4n) is 3.88. The molecule has 4 N–H and O–H groups in total. The molecule has 0 saturated heterocycles. The van der Waals surface area contributed by atoms with Crippen LogP contribution in [0.5, 0.6) is 5.75 Å². The molecule has 1 heterocycles. The van der Waals surface area contributed by atoms with E-state index in [2.05, 4.69) is 10.3 Å². The summed E-state index contributed by atoms with van der Waals surface area (Å²) in [4.78, 5) is 40.4. The van der Waals surface area contributed by atoms with Gasteiger partial charge >= 0.3 is 5.97 Å². The molecule has 2 amide bonds. The molecule has 9 heteroatoms. The van der Waals surface area contributed by atoms with E-state index in [1.165, 1.54) is 12.1 Å². The Morgan fingerprint density at radius 2 is 1.75 bits per heavy atom. The Hall–Kier alpha value is -4.66. The smallest absolute Gasteiger partial charge is 0.305 e. The van der Waals surface area contributed by atoms with Crippen molar-refractivity contribution in [2.45, 2.75) is 31.9 Å². The topological polar surface area (TPSA) is 137 Å². The molecule has 0 aliphatic carbocycles. The number of fused-ring (bicyclic) bond motifs is 1. The molecule has 1 aromatic heterocycles. The summed E-state index contributed by atoms with van der Waals surface area (Å²) in [6, 6.07) is 20.3. The van der Waals surface area contributed by atoms with Gasteiger partial charge in [0.2, 0.25) is 5.91 Å². The molecule has 0 fully saturated rings. The summed E-state index contributed by atoms with van der Waals surface area (Å²) >= 11 is 0. The number of amides is 2. The summed E-state index contributed by atoms with van der Waals surface area (Å²) in [6.45, 7) is 3.26. The van der Waals surface area contributed by atoms with Crippen LogP contribution in [0.25, 0.3) is 11.0 Å². The number of primary amides is 1. The number of benzene rings is 3. The average molecular weight is 487 g/mol. The molecule has 1 unspecified atom stereocenters. The number of nitrogens with zero attached hydrogens (tertiary/aromatic N) is 2. The maximum atomic E-state index is 13.1. The van der Waals surface area contributed by atoms with Crippen LogP contribution in [0.4, 0.5) is 5.69 Å². The molecular formula is C27H26N4O5. The van der Waals surface area contributed by atoms with Crippen LogP contribution in [0.2, 0.25) is 0 Å². The summed E-state index contributed by atoms with van der Waals surface area (Å²) in [6.07, 6.45) is 1.49. The third-order valence-corrected chi connectivity index (χ3v) is 5.78. The Morgan fingerprint density at radius 1 is 1.06 bits per heavy atom. The molecule has 9 nitrogen and oxygen atoms in total. The molecule has 1 atom stereocenters. The van der Waals surface area contributed by atoms with Crippen LogP contribution in [0.1, 0.15) is 42.2 Å². The van der Waals surface area contributed by atoms with Gasteiger partial charge in [0.15, 0.2) is 5.60 Å². The van der Waals surface area contributed by atoms with E-state index in [4.69, 9.17) is 10.5 Å².